The number of halogens is 1. The van der Waals surface area contributed by atoms with E-state index in [1.165, 1.54) is 16.7 Å². The van der Waals surface area contributed by atoms with Crippen molar-refractivity contribution in [2.45, 2.75) is 13.8 Å². The molecule has 0 radical (unpaired) electrons. The maximum absolute atomic E-state index is 13.8. The maximum atomic E-state index is 13.8. The quantitative estimate of drug-likeness (QED) is 0.506. The second kappa shape index (κ2) is 7.84. The van der Waals surface area contributed by atoms with Gasteiger partial charge in [-0.05, 0) is 50.2 Å². The van der Waals surface area contributed by atoms with Gasteiger partial charge in [0.25, 0.3) is 5.56 Å². The number of para-hydroxylation sites is 1. The van der Waals surface area contributed by atoms with E-state index in [1.54, 1.807) is 22.9 Å². The standard InChI is InChI=1S/C23H20FN5O/c1-3-27(4-2)23-26-20-16(14-25)15-28(18-8-6-5-7-9-18)21(20)22(30)29(23)19-12-10-17(24)11-13-19/h5-13,15H,3-4H2,1-2H3. The Labute approximate surface area is 173 Å². The lowest BCUT2D eigenvalue weighted by Crippen LogP contribution is -2.32. The van der Waals surface area contributed by atoms with Gasteiger partial charge in [0.05, 0.1) is 11.3 Å². The summed E-state index contributed by atoms with van der Waals surface area (Å²) in [7, 11) is 0. The monoisotopic (exact) mass is 401 g/mol. The van der Waals surface area contributed by atoms with Gasteiger partial charge in [-0.2, -0.15) is 5.26 Å². The lowest BCUT2D eigenvalue weighted by Gasteiger charge is -2.24. The zero-order valence-electron chi connectivity index (χ0n) is 16.7. The summed E-state index contributed by atoms with van der Waals surface area (Å²) in [4.78, 5) is 20.4. The first kappa shape index (κ1) is 19.4. The molecule has 4 rings (SSSR count). The lowest BCUT2D eigenvalue weighted by molar-refractivity contribution is 0.627. The molecule has 2 heterocycles. The van der Waals surface area contributed by atoms with Crippen LogP contribution in [0.1, 0.15) is 19.4 Å². The van der Waals surface area contributed by atoms with E-state index in [-0.39, 0.29) is 11.4 Å². The van der Waals surface area contributed by atoms with Crippen molar-refractivity contribution in [2.75, 3.05) is 18.0 Å². The van der Waals surface area contributed by atoms with Crippen molar-refractivity contribution in [2.24, 2.45) is 0 Å². The van der Waals surface area contributed by atoms with Crippen LogP contribution in [0.3, 0.4) is 0 Å². The predicted molar refractivity (Wildman–Crippen MR) is 115 cm³/mol. The zero-order chi connectivity index (χ0) is 21.3. The third-order valence-electron chi connectivity index (χ3n) is 5.08. The van der Waals surface area contributed by atoms with E-state index in [9.17, 15) is 14.4 Å². The molecule has 0 bridgehead atoms. The van der Waals surface area contributed by atoms with E-state index in [2.05, 4.69) is 6.07 Å². The Hall–Kier alpha value is -3.92. The van der Waals surface area contributed by atoms with Crippen molar-refractivity contribution in [1.29, 1.82) is 5.26 Å². The summed E-state index contributed by atoms with van der Waals surface area (Å²) >= 11 is 0. The molecular weight excluding hydrogens is 381 g/mol. The third kappa shape index (κ3) is 3.12. The lowest BCUT2D eigenvalue weighted by atomic mass is 10.2. The SMILES string of the molecule is CCN(CC)c1nc2c(C#N)cn(-c3ccccc3)c2c(=O)n1-c1ccc(F)cc1. The van der Waals surface area contributed by atoms with Crippen LogP contribution in [0.5, 0.6) is 0 Å². The number of aromatic nitrogens is 3. The molecule has 0 fully saturated rings. The minimum Gasteiger partial charge on any atom is -0.342 e. The van der Waals surface area contributed by atoms with Crippen LogP contribution in [-0.2, 0) is 0 Å². The summed E-state index contributed by atoms with van der Waals surface area (Å²) in [6, 6.07) is 17.2. The number of anilines is 1. The van der Waals surface area contributed by atoms with Crippen LogP contribution in [0.2, 0.25) is 0 Å². The average molecular weight is 401 g/mol. The van der Waals surface area contributed by atoms with Gasteiger partial charge in [0.2, 0.25) is 5.95 Å². The van der Waals surface area contributed by atoms with Gasteiger partial charge in [0, 0.05) is 25.0 Å². The number of benzene rings is 2. The molecule has 0 N–H and O–H groups in total. The maximum Gasteiger partial charge on any atom is 0.284 e. The Morgan fingerprint density at radius 3 is 2.30 bits per heavy atom. The van der Waals surface area contributed by atoms with Crippen molar-refractivity contribution >= 4 is 17.0 Å². The molecule has 7 heteroatoms. The second-order valence-corrected chi connectivity index (χ2v) is 6.76. The van der Waals surface area contributed by atoms with Crippen molar-refractivity contribution in [1.82, 2.24) is 14.1 Å². The molecule has 0 aliphatic carbocycles. The molecular formula is C23H20FN5O. The average Bonchev–Trinajstić information content (AvgIpc) is 3.15. The first-order chi connectivity index (χ1) is 14.6. The summed E-state index contributed by atoms with van der Waals surface area (Å²) in [6.45, 7) is 5.18. The molecule has 4 aromatic rings. The molecule has 6 nitrogen and oxygen atoms in total. The van der Waals surface area contributed by atoms with E-state index in [0.29, 0.717) is 41.3 Å². The predicted octanol–water partition coefficient (Wildman–Crippen LogP) is 4.03. The normalized spacial score (nSPS) is 10.9. The number of fused-ring (bicyclic) bond motifs is 1. The van der Waals surface area contributed by atoms with Gasteiger partial charge in [-0.25, -0.2) is 13.9 Å². The summed E-state index contributed by atoms with van der Waals surface area (Å²) in [6.07, 6.45) is 1.63. The first-order valence-corrected chi connectivity index (χ1v) is 9.73. The Morgan fingerprint density at radius 1 is 1.03 bits per heavy atom. The summed E-state index contributed by atoms with van der Waals surface area (Å²) < 4.78 is 16.7. The smallest absolute Gasteiger partial charge is 0.284 e. The first-order valence-electron chi connectivity index (χ1n) is 9.73. The van der Waals surface area contributed by atoms with Crippen molar-refractivity contribution in [3.05, 3.63) is 82.5 Å². The number of hydrogen-bond donors (Lipinski definition) is 0. The summed E-state index contributed by atoms with van der Waals surface area (Å²) in [5, 5.41) is 9.68. The highest BCUT2D eigenvalue weighted by molar-refractivity contribution is 5.85. The van der Waals surface area contributed by atoms with Crippen LogP contribution in [0.4, 0.5) is 10.3 Å². The molecule has 0 aliphatic heterocycles. The topological polar surface area (TPSA) is 66.8 Å². The van der Waals surface area contributed by atoms with Crippen molar-refractivity contribution < 1.29 is 4.39 Å². The fraction of sp³-hybridized carbons (Fsp3) is 0.174. The highest BCUT2D eigenvalue weighted by Crippen LogP contribution is 2.25. The van der Waals surface area contributed by atoms with E-state index < -0.39 is 0 Å². The zero-order valence-corrected chi connectivity index (χ0v) is 16.7. The molecule has 2 aromatic heterocycles. The van der Waals surface area contributed by atoms with Crippen molar-refractivity contribution in [3.8, 4) is 17.4 Å². The molecule has 0 aliphatic rings. The largest absolute Gasteiger partial charge is 0.342 e. The molecule has 2 aromatic carbocycles. The van der Waals surface area contributed by atoms with E-state index in [4.69, 9.17) is 4.98 Å². The van der Waals surface area contributed by atoms with Gasteiger partial charge in [-0.15, -0.1) is 0 Å². The Morgan fingerprint density at radius 2 is 1.70 bits per heavy atom. The molecule has 0 amide bonds. The highest BCUT2D eigenvalue weighted by Gasteiger charge is 2.22. The van der Waals surface area contributed by atoms with Gasteiger partial charge >= 0.3 is 0 Å². The van der Waals surface area contributed by atoms with E-state index in [0.717, 1.165) is 5.69 Å². The number of hydrogen-bond acceptors (Lipinski definition) is 4. The number of nitriles is 1. The highest BCUT2D eigenvalue weighted by atomic mass is 19.1. The molecule has 0 atom stereocenters. The fourth-order valence-corrected chi connectivity index (χ4v) is 3.58. The van der Waals surface area contributed by atoms with Gasteiger partial charge in [-0.3, -0.25) is 4.79 Å². The van der Waals surface area contributed by atoms with E-state index in [1.807, 2.05) is 49.1 Å². The Balaban J connectivity index is 2.14. The molecule has 150 valence electrons. The summed E-state index contributed by atoms with van der Waals surface area (Å²) in [5.41, 5.74) is 1.93. The summed E-state index contributed by atoms with van der Waals surface area (Å²) in [5.74, 6) is 0.0380. The van der Waals surface area contributed by atoms with Crippen LogP contribution >= 0.6 is 0 Å². The van der Waals surface area contributed by atoms with Gasteiger partial charge in [-0.1, -0.05) is 18.2 Å². The Kier molecular flexibility index (Phi) is 5.07. The number of rotatable bonds is 5. The van der Waals surface area contributed by atoms with Crippen LogP contribution in [0.25, 0.3) is 22.4 Å². The van der Waals surface area contributed by atoms with Crippen LogP contribution in [0, 0.1) is 17.1 Å². The molecule has 0 saturated heterocycles. The molecule has 0 saturated carbocycles. The molecule has 0 unspecified atom stereocenters. The third-order valence-corrected chi connectivity index (χ3v) is 5.08. The van der Waals surface area contributed by atoms with Gasteiger partial charge in [0.15, 0.2) is 0 Å². The van der Waals surface area contributed by atoms with E-state index >= 15 is 0 Å². The number of nitrogens with zero attached hydrogens (tertiary/aromatic N) is 5. The Bertz CT molecular complexity index is 1300. The second-order valence-electron chi connectivity index (χ2n) is 6.76. The van der Waals surface area contributed by atoms with Crippen LogP contribution < -0.4 is 10.5 Å². The minimum absolute atomic E-state index is 0.304. The molecule has 30 heavy (non-hydrogen) atoms. The van der Waals surface area contributed by atoms with Crippen molar-refractivity contribution in [3.63, 3.8) is 0 Å². The molecule has 0 spiro atoms. The van der Waals surface area contributed by atoms with Gasteiger partial charge < -0.3 is 9.47 Å². The van der Waals surface area contributed by atoms with Gasteiger partial charge in [0.1, 0.15) is 22.9 Å². The minimum atomic E-state index is -0.385. The van der Waals surface area contributed by atoms with Crippen LogP contribution in [-0.4, -0.2) is 27.2 Å². The van der Waals surface area contributed by atoms with Crippen LogP contribution in [0.15, 0.2) is 65.6 Å². The fourth-order valence-electron chi connectivity index (χ4n) is 3.58.